The number of aryl methyl sites for hydroxylation is 1. The number of ketones is 1. The summed E-state index contributed by atoms with van der Waals surface area (Å²) in [4.78, 5) is 16.8. The average molecular weight is 246 g/mol. The predicted octanol–water partition coefficient (Wildman–Crippen LogP) is 2.60. The lowest BCUT2D eigenvalue weighted by atomic mass is 9.70. The summed E-state index contributed by atoms with van der Waals surface area (Å²) < 4.78 is 0. The van der Waals surface area contributed by atoms with Crippen LogP contribution in [0.2, 0.25) is 0 Å². The van der Waals surface area contributed by atoms with Crippen molar-refractivity contribution in [3.63, 3.8) is 0 Å². The number of nitrogens with zero attached hydrogens (tertiary/aromatic N) is 1. The predicted molar refractivity (Wildman–Crippen MR) is 72.7 cm³/mol. The lowest BCUT2D eigenvalue weighted by Gasteiger charge is -2.36. The number of carbonyl (C=O) groups excluding carboxylic acids is 1. The van der Waals surface area contributed by atoms with Crippen LogP contribution < -0.4 is 5.32 Å². The highest BCUT2D eigenvalue weighted by atomic mass is 16.1. The first-order chi connectivity index (χ1) is 8.53. The average Bonchev–Trinajstić information content (AvgIpc) is 2.39. The minimum absolute atomic E-state index is 0.224. The molecule has 0 saturated carbocycles. The fraction of sp³-hybridized carbons (Fsp3) is 0.600. The summed E-state index contributed by atoms with van der Waals surface area (Å²) in [5, 5.41) is 3.39. The van der Waals surface area contributed by atoms with E-state index in [0.717, 1.165) is 37.1 Å². The maximum atomic E-state index is 12.7. The van der Waals surface area contributed by atoms with Crippen LogP contribution in [0.3, 0.4) is 0 Å². The van der Waals surface area contributed by atoms with Gasteiger partial charge in [0.15, 0.2) is 5.78 Å². The van der Waals surface area contributed by atoms with E-state index < -0.39 is 0 Å². The monoisotopic (exact) mass is 246 g/mol. The molecule has 0 radical (unpaired) electrons. The smallest absolute Gasteiger partial charge is 0.170 e. The number of aromatic nitrogens is 1. The molecule has 3 heteroatoms. The van der Waals surface area contributed by atoms with Crippen molar-refractivity contribution in [1.82, 2.24) is 10.3 Å². The Balaban J connectivity index is 2.24. The van der Waals surface area contributed by atoms with Crippen molar-refractivity contribution in [2.24, 2.45) is 11.3 Å². The summed E-state index contributed by atoms with van der Waals surface area (Å²) in [7, 11) is 0. The van der Waals surface area contributed by atoms with Crippen molar-refractivity contribution in [2.75, 3.05) is 13.1 Å². The normalized spacial score (nSPS) is 20.7. The van der Waals surface area contributed by atoms with E-state index in [-0.39, 0.29) is 11.2 Å². The van der Waals surface area contributed by atoms with E-state index in [1.54, 1.807) is 12.4 Å². The van der Waals surface area contributed by atoms with E-state index in [2.05, 4.69) is 24.1 Å². The number of nitrogens with one attached hydrogen (secondary N) is 1. The van der Waals surface area contributed by atoms with Gasteiger partial charge in [-0.3, -0.25) is 9.78 Å². The van der Waals surface area contributed by atoms with Crippen molar-refractivity contribution in [3.05, 3.63) is 29.6 Å². The Morgan fingerprint density at radius 1 is 1.50 bits per heavy atom. The molecule has 98 valence electrons. The van der Waals surface area contributed by atoms with Gasteiger partial charge < -0.3 is 5.32 Å². The fourth-order valence-electron chi connectivity index (χ4n) is 2.70. The number of hydrogen-bond acceptors (Lipinski definition) is 3. The molecule has 0 aromatic carbocycles. The largest absolute Gasteiger partial charge is 0.316 e. The zero-order chi connectivity index (χ0) is 13.2. The highest BCUT2D eigenvalue weighted by Crippen LogP contribution is 2.35. The molecule has 0 amide bonds. The molecule has 1 N–H and O–H groups in total. The summed E-state index contributed by atoms with van der Waals surface area (Å²) >= 11 is 0. The molecule has 1 aromatic heterocycles. The van der Waals surface area contributed by atoms with Gasteiger partial charge in [0.2, 0.25) is 0 Å². The minimum Gasteiger partial charge on any atom is -0.316 e. The number of carbonyl (C=O) groups is 1. The molecule has 3 nitrogen and oxygen atoms in total. The first-order valence-electron chi connectivity index (χ1n) is 6.69. The third kappa shape index (κ3) is 2.46. The van der Waals surface area contributed by atoms with Gasteiger partial charge >= 0.3 is 0 Å². The van der Waals surface area contributed by atoms with Crippen molar-refractivity contribution in [1.29, 1.82) is 0 Å². The number of hydrogen-bond donors (Lipinski definition) is 1. The second-order valence-electron chi connectivity index (χ2n) is 5.78. The second kappa shape index (κ2) is 5.19. The molecule has 0 bridgehead atoms. The van der Waals surface area contributed by atoms with Gasteiger partial charge in [0.25, 0.3) is 0 Å². The summed E-state index contributed by atoms with van der Waals surface area (Å²) in [6, 6.07) is 1.91. The molecule has 1 aliphatic rings. The Morgan fingerprint density at radius 3 is 2.89 bits per heavy atom. The van der Waals surface area contributed by atoms with Gasteiger partial charge in [-0.2, -0.15) is 0 Å². The Labute approximate surface area is 109 Å². The van der Waals surface area contributed by atoms with Gasteiger partial charge in [-0.1, -0.05) is 13.8 Å². The van der Waals surface area contributed by atoms with Crippen molar-refractivity contribution in [2.45, 2.75) is 33.6 Å². The van der Waals surface area contributed by atoms with Crippen LogP contribution in [0.15, 0.2) is 18.5 Å². The van der Waals surface area contributed by atoms with E-state index in [1.165, 1.54) is 0 Å². The van der Waals surface area contributed by atoms with Gasteiger partial charge in [-0.25, -0.2) is 0 Å². The van der Waals surface area contributed by atoms with E-state index in [4.69, 9.17) is 0 Å². The van der Waals surface area contributed by atoms with Crippen molar-refractivity contribution in [3.8, 4) is 0 Å². The van der Waals surface area contributed by atoms with Gasteiger partial charge in [-0.15, -0.1) is 0 Å². The Bertz CT molecular complexity index is 434. The fourth-order valence-corrected chi connectivity index (χ4v) is 2.70. The van der Waals surface area contributed by atoms with Gasteiger partial charge in [0.1, 0.15) is 0 Å². The van der Waals surface area contributed by atoms with Gasteiger partial charge in [-0.05, 0) is 50.4 Å². The molecular formula is C15H22N2O. The Kier molecular flexibility index (Phi) is 3.81. The summed E-state index contributed by atoms with van der Waals surface area (Å²) in [5.41, 5.74) is 1.47. The zero-order valence-corrected chi connectivity index (χ0v) is 11.5. The highest BCUT2D eigenvalue weighted by molar-refractivity contribution is 6.01. The first-order valence-corrected chi connectivity index (χ1v) is 6.69. The first kappa shape index (κ1) is 13.2. The highest BCUT2D eigenvalue weighted by Gasteiger charge is 2.38. The number of Topliss-reactive ketones (excluding diaryl/α,β-unsaturated/α-hetero) is 1. The van der Waals surface area contributed by atoms with Crippen LogP contribution in [-0.2, 0) is 0 Å². The molecule has 18 heavy (non-hydrogen) atoms. The summed E-state index contributed by atoms with van der Waals surface area (Å²) in [6.45, 7) is 8.13. The van der Waals surface area contributed by atoms with E-state index >= 15 is 0 Å². The Hall–Kier alpha value is -1.22. The van der Waals surface area contributed by atoms with Crippen LogP contribution in [0.5, 0.6) is 0 Å². The lowest BCUT2D eigenvalue weighted by molar-refractivity contribution is 0.0707. The molecule has 1 atom stereocenters. The molecule has 2 heterocycles. The molecule has 0 aliphatic carbocycles. The van der Waals surface area contributed by atoms with Gasteiger partial charge in [0, 0.05) is 23.4 Å². The van der Waals surface area contributed by atoms with Crippen LogP contribution in [0.4, 0.5) is 0 Å². The molecule has 2 rings (SSSR count). The second-order valence-corrected chi connectivity index (χ2v) is 5.78. The van der Waals surface area contributed by atoms with Gasteiger partial charge in [0.05, 0.1) is 0 Å². The number of piperidine rings is 1. The molecule has 1 unspecified atom stereocenters. The zero-order valence-electron chi connectivity index (χ0n) is 11.5. The number of pyridine rings is 1. The van der Waals surface area contributed by atoms with E-state index in [1.807, 2.05) is 13.0 Å². The van der Waals surface area contributed by atoms with E-state index in [0.29, 0.717) is 5.92 Å². The van der Waals surface area contributed by atoms with Crippen LogP contribution in [0.1, 0.15) is 42.6 Å². The molecule has 1 aromatic rings. The maximum absolute atomic E-state index is 12.7. The maximum Gasteiger partial charge on any atom is 0.170 e. The van der Waals surface area contributed by atoms with Crippen LogP contribution >= 0.6 is 0 Å². The van der Waals surface area contributed by atoms with Crippen LogP contribution in [-0.4, -0.2) is 23.9 Å². The summed E-state index contributed by atoms with van der Waals surface area (Å²) in [5.74, 6) is 0.639. The molecule has 0 spiro atoms. The van der Waals surface area contributed by atoms with Crippen molar-refractivity contribution >= 4 is 5.78 Å². The summed E-state index contributed by atoms with van der Waals surface area (Å²) in [6.07, 6.45) is 5.73. The number of rotatable bonds is 3. The molecule has 1 aliphatic heterocycles. The standard InChI is InChI=1S/C15H22N2O/c1-11-6-8-17-10-13(11)14(18)15(2,3)12-5-4-7-16-9-12/h6,8,10,12,16H,4-5,7,9H2,1-3H3. The van der Waals surface area contributed by atoms with Crippen molar-refractivity contribution < 1.29 is 4.79 Å². The van der Waals surface area contributed by atoms with Crippen LogP contribution in [0.25, 0.3) is 0 Å². The third-order valence-corrected chi connectivity index (χ3v) is 4.19. The van der Waals surface area contributed by atoms with E-state index in [9.17, 15) is 4.79 Å². The Morgan fingerprint density at radius 2 is 2.28 bits per heavy atom. The molecular weight excluding hydrogens is 224 g/mol. The molecule has 1 saturated heterocycles. The lowest BCUT2D eigenvalue weighted by Crippen LogP contribution is -2.42. The quantitative estimate of drug-likeness (QED) is 0.834. The third-order valence-electron chi connectivity index (χ3n) is 4.19. The topological polar surface area (TPSA) is 42.0 Å². The van der Waals surface area contributed by atoms with Crippen LogP contribution in [0, 0.1) is 18.3 Å². The SMILES string of the molecule is Cc1ccncc1C(=O)C(C)(C)C1CCCNC1. The minimum atomic E-state index is -0.318. The molecule has 1 fully saturated rings.